The molecule has 1 atom stereocenters. The minimum atomic E-state index is -4.42. The summed E-state index contributed by atoms with van der Waals surface area (Å²) in [5, 5.41) is 2.01. The Balaban J connectivity index is 2.51. The van der Waals surface area contributed by atoms with E-state index in [0.717, 1.165) is 0 Å². The number of rotatable bonds is 8. The van der Waals surface area contributed by atoms with Crippen LogP contribution >= 0.6 is 7.06 Å². The van der Waals surface area contributed by atoms with Crippen LogP contribution in [0.15, 0.2) is 91.0 Å². The van der Waals surface area contributed by atoms with Gasteiger partial charge >= 0.3 is 184 Å². The molecule has 0 spiro atoms. The van der Waals surface area contributed by atoms with Crippen LogP contribution in [-0.4, -0.2) is 11.9 Å². The molecule has 3 aromatic carbocycles. The molecule has 31 heavy (non-hydrogen) atoms. The number of hydrogen-bond acceptors (Lipinski definition) is 4. The Morgan fingerprint density at radius 2 is 1.10 bits per heavy atom. The van der Waals surface area contributed by atoms with E-state index in [9.17, 15) is 9.59 Å². The topological polar surface area (TPSA) is 52.6 Å². The standard InChI is InChI=1S/C26H29O4P/c1-4-21(3)26(28)30-31(29-25(27)5-2,22-15-9-6-10-16-22,23-17-11-7-12-18-23)24-19-13-8-14-20-24/h6-21H,4-5H2,1-3H3. The summed E-state index contributed by atoms with van der Waals surface area (Å²) in [6.07, 6.45) is 0.775. The van der Waals surface area contributed by atoms with Crippen LogP contribution in [0.2, 0.25) is 0 Å². The van der Waals surface area contributed by atoms with Crippen LogP contribution in [0.25, 0.3) is 0 Å². The second-order valence-corrected chi connectivity index (χ2v) is 11.3. The monoisotopic (exact) mass is 436 g/mol. The molecule has 5 heteroatoms. The van der Waals surface area contributed by atoms with Crippen molar-refractivity contribution in [3.05, 3.63) is 91.0 Å². The molecule has 0 bridgehead atoms. The first-order valence-corrected chi connectivity index (χ1v) is 12.7. The Morgan fingerprint density at radius 1 is 0.710 bits per heavy atom. The number of hydrogen-bond donors (Lipinski definition) is 0. The van der Waals surface area contributed by atoms with Crippen molar-refractivity contribution in [3.8, 4) is 0 Å². The van der Waals surface area contributed by atoms with Crippen molar-refractivity contribution in [2.24, 2.45) is 5.92 Å². The van der Waals surface area contributed by atoms with E-state index in [0.29, 0.717) is 22.3 Å². The van der Waals surface area contributed by atoms with Gasteiger partial charge in [0.25, 0.3) is 0 Å². The molecule has 4 nitrogen and oxygen atoms in total. The first-order valence-electron chi connectivity index (χ1n) is 10.6. The van der Waals surface area contributed by atoms with Gasteiger partial charge in [0.05, 0.1) is 0 Å². The van der Waals surface area contributed by atoms with Crippen LogP contribution in [0.1, 0.15) is 33.6 Å². The molecule has 3 rings (SSSR count). The van der Waals surface area contributed by atoms with E-state index in [1.807, 2.05) is 105 Å². The van der Waals surface area contributed by atoms with E-state index in [1.54, 1.807) is 6.92 Å². The van der Waals surface area contributed by atoms with Crippen molar-refractivity contribution in [2.75, 3.05) is 0 Å². The van der Waals surface area contributed by atoms with Gasteiger partial charge in [0.2, 0.25) is 0 Å². The summed E-state index contributed by atoms with van der Waals surface area (Å²) in [7, 11) is -4.42. The van der Waals surface area contributed by atoms with E-state index < -0.39 is 13.0 Å². The molecule has 0 heterocycles. The summed E-state index contributed by atoms with van der Waals surface area (Å²) < 4.78 is 13.0. The SMILES string of the molecule is CCC(=O)OP(OC(=O)C(C)CC)(c1ccccc1)(c1ccccc1)c1ccccc1. The Morgan fingerprint density at radius 3 is 1.42 bits per heavy atom. The van der Waals surface area contributed by atoms with Crippen molar-refractivity contribution in [1.82, 2.24) is 0 Å². The number of benzene rings is 3. The van der Waals surface area contributed by atoms with Gasteiger partial charge in [-0.3, -0.25) is 0 Å². The van der Waals surface area contributed by atoms with Crippen LogP contribution in [0.5, 0.6) is 0 Å². The van der Waals surface area contributed by atoms with Gasteiger partial charge in [-0.2, -0.15) is 0 Å². The summed E-state index contributed by atoms with van der Waals surface area (Å²) in [5.74, 6) is -1.16. The normalized spacial score (nSPS) is 13.5. The van der Waals surface area contributed by atoms with Crippen LogP contribution in [0.4, 0.5) is 0 Å². The van der Waals surface area contributed by atoms with Crippen molar-refractivity contribution in [3.63, 3.8) is 0 Å². The summed E-state index contributed by atoms with van der Waals surface area (Å²) in [4.78, 5) is 26.4. The molecular weight excluding hydrogens is 407 g/mol. The Bertz CT molecular complexity index is 920. The molecule has 0 N–H and O–H groups in total. The fourth-order valence-corrected chi connectivity index (χ4v) is 8.31. The van der Waals surface area contributed by atoms with Crippen molar-refractivity contribution >= 4 is 34.9 Å². The average molecular weight is 436 g/mol. The predicted molar refractivity (Wildman–Crippen MR) is 127 cm³/mol. The second-order valence-electron chi connectivity index (χ2n) is 7.50. The van der Waals surface area contributed by atoms with E-state index in [4.69, 9.17) is 9.05 Å². The molecule has 0 radical (unpaired) electrons. The molecule has 0 aromatic heterocycles. The Labute approximate surface area is 184 Å². The van der Waals surface area contributed by atoms with Gasteiger partial charge in [0.15, 0.2) is 0 Å². The summed E-state index contributed by atoms with van der Waals surface area (Å²) in [5.41, 5.74) is 0. The first kappa shape index (κ1) is 22.7. The van der Waals surface area contributed by atoms with Gasteiger partial charge < -0.3 is 0 Å². The molecule has 0 aliphatic rings. The molecule has 0 saturated carbocycles. The summed E-state index contributed by atoms with van der Waals surface area (Å²) in [6.45, 7) is 5.51. The fourth-order valence-electron chi connectivity index (χ4n) is 3.57. The molecule has 0 amide bonds. The van der Waals surface area contributed by atoms with Crippen LogP contribution in [-0.2, 0) is 18.6 Å². The first-order chi connectivity index (χ1) is 15.0. The summed E-state index contributed by atoms with van der Waals surface area (Å²) >= 11 is 0. The third kappa shape index (κ3) is 4.00. The van der Waals surface area contributed by atoms with E-state index in [-0.39, 0.29) is 18.3 Å². The van der Waals surface area contributed by atoms with E-state index in [2.05, 4.69) is 0 Å². The molecule has 0 saturated heterocycles. The molecule has 0 fully saturated rings. The van der Waals surface area contributed by atoms with Crippen LogP contribution < -0.4 is 15.9 Å². The molecule has 3 aromatic rings. The maximum absolute atomic E-state index is 13.4. The molecular formula is C26H29O4P. The zero-order valence-electron chi connectivity index (χ0n) is 18.2. The predicted octanol–water partition coefficient (Wildman–Crippen LogP) is 4.89. The van der Waals surface area contributed by atoms with Crippen LogP contribution in [0.3, 0.4) is 0 Å². The minimum absolute atomic E-state index is 0.158. The maximum atomic E-state index is 13.4. The van der Waals surface area contributed by atoms with Crippen molar-refractivity contribution in [1.29, 1.82) is 0 Å². The van der Waals surface area contributed by atoms with E-state index >= 15 is 0 Å². The quantitative estimate of drug-likeness (QED) is 0.472. The summed E-state index contributed by atoms with van der Waals surface area (Å²) in [6, 6.07) is 28.2. The van der Waals surface area contributed by atoms with Crippen LogP contribution in [0, 0.1) is 5.92 Å². The van der Waals surface area contributed by atoms with E-state index in [1.165, 1.54) is 0 Å². The third-order valence-corrected chi connectivity index (χ3v) is 10.3. The second kappa shape index (κ2) is 9.45. The Hall–Kier alpha value is -2.97. The number of carbonyl (C=O) groups excluding carboxylic acids is 2. The zero-order chi connectivity index (χ0) is 22.3. The van der Waals surface area contributed by atoms with Gasteiger partial charge in [-0.15, -0.1) is 0 Å². The molecule has 1 unspecified atom stereocenters. The van der Waals surface area contributed by atoms with Gasteiger partial charge in [-0.05, 0) is 0 Å². The van der Waals surface area contributed by atoms with Gasteiger partial charge in [-0.1, -0.05) is 0 Å². The molecule has 162 valence electrons. The van der Waals surface area contributed by atoms with Gasteiger partial charge in [0, 0.05) is 0 Å². The van der Waals surface area contributed by atoms with Gasteiger partial charge in [-0.25, -0.2) is 0 Å². The average Bonchev–Trinajstić information content (AvgIpc) is 2.84. The fraction of sp³-hybridized carbons (Fsp3) is 0.231. The zero-order valence-corrected chi connectivity index (χ0v) is 19.1. The van der Waals surface area contributed by atoms with Crippen molar-refractivity contribution in [2.45, 2.75) is 33.6 Å². The molecule has 0 aliphatic heterocycles. The Kier molecular flexibility index (Phi) is 6.92. The van der Waals surface area contributed by atoms with Gasteiger partial charge in [0.1, 0.15) is 0 Å². The van der Waals surface area contributed by atoms with Crippen molar-refractivity contribution < 1.29 is 18.6 Å². The molecule has 0 aliphatic carbocycles. The number of carbonyl (C=O) groups is 2. The third-order valence-electron chi connectivity index (χ3n) is 5.52.